The van der Waals surface area contributed by atoms with Crippen molar-refractivity contribution in [2.24, 2.45) is 0 Å². The highest BCUT2D eigenvalue weighted by molar-refractivity contribution is 7.92. The van der Waals surface area contributed by atoms with E-state index in [1.165, 1.54) is 11.1 Å². The lowest BCUT2D eigenvalue weighted by Gasteiger charge is -2.18. The molecule has 1 N–H and O–H groups in total. The molecule has 1 aliphatic heterocycles. The smallest absolute Gasteiger partial charge is 0.154 e. The van der Waals surface area contributed by atoms with Gasteiger partial charge in [0, 0.05) is 12.6 Å². The number of hydrogen-bond acceptors (Lipinski definition) is 3. The Labute approximate surface area is 116 Å². The van der Waals surface area contributed by atoms with Crippen molar-refractivity contribution < 1.29 is 8.42 Å². The number of nitrogens with one attached hydrogen (secondary N) is 1. The van der Waals surface area contributed by atoms with Gasteiger partial charge >= 0.3 is 0 Å². The Kier molecular flexibility index (Phi) is 4.63. The maximum Gasteiger partial charge on any atom is 0.154 e. The second-order valence-electron chi connectivity index (χ2n) is 5.57. The van der Waals surface area contributed by atoms with Gasteiger partial charge in [-0.3, -0.25) is 0 Å². The van der Waals surface area contributed by atoms with Crippen molar-refractivity contribution in [3.8, 4) is 0 Å². The molecule has 0 aliphatic carbocycles. The molecular formula is C15H23NO2S. The predicted molar refractivity (Wildman–Crippen MR) is 79.2 cm³/mol. The van der Waals surface area contributed by atoms with Crippen LogP contribution in [0.4, 0.5) is 0 Å². The highest BCUT2D eigenvalue weighted by Gasteiger charge is 2.30. The molecule has 0 unspecified atom stereocenters. The topological polar surface area (TPSA) is 46.2 Å². The Morgan fingerprint density at radius 1 is 1.37 bits per heavy atom. The first-order valence-electron chi connectivity index (χ1n) is 6.98. The van der Waals surface area contributed by atoms with E-state index in [9.17, 15) is 8.42 Å². The van der Waals surface area contributed by atoms with E-state index >= 15 is 0 Å². The van der Waals surface area contributed by atoms with Crippen molar-refractivity contribution in [1.29, 1.82) is 0 Å². The van der Waals surface area contributed by atoms with Crippen molar-refractivity contribution >= 4 is 9.84 Å². The fourth-order valence-corrected chi connectivity index (χ4v) is 4.44. The summed E-state index contributed by atoms with van der Waals surface area (Å²) in [6, 6.07) is 8.65. The summed E-state index contributed by atoms with van der Waals surface area (Å²) in [4.78, 5) is 0. The standard InChI is InChI=1S/C15H23NO2S/c1-12-6-3-4-7-14(12)10-13(2)16-11-15-8-5-9-19(15,17)18/h3-4,6-7,13,15-16H,5,8-11H2,1-2H3/t13-,15-/m0/s1. The van der Waals surface area contributed by atoms with Crippen LogP contribution in [0.15, 0.2) is 24.3 Å². The number of benzene rings is 1. The zero-order valence-electron chi connectivity index (χ0n) is 11.7. The highest BCUT2D eigenvalue weighted by Crippen LogP contribution is 2.19. The molecule has 0 radical (unpaired) electrons. The van der Waals surface area contributed by atoms with Gasteiger partial charge in [0.1, 0.15) is 0 Å². The van der Waals surface area contributed by atoms with E-state index in [4.69, 9.17) is 0 Å². The van der Waals surface area contributed by atoms with E-state index in [1.54, 1.807) is 0 Å². The molecule has 0 bridgehead atoms. The lowest BCUT2D eigenvalue weighted by molar-refractivity contribution is 0.521. The van der Waals surface area contributed by atoms with Gasteiger partial charge in [-0.2, -0.15) is 0 Å². The van der Waals surface area contributed by atoms with Crippen molar-refractivity contribution in [1.82, 2.24) is 5.32 Å². The Balaban J connectivity index is 1.85. The average molecular weight is 281 g/mol. The third-order valence-electron chi connectivity index (χ3n) is 3.94. The maximum atomic E-state index is 11.7. The van der Waals surface area contributed by atoms with Crippen LogP contribution in [0, 0.1) is 6.92 Å². The summed E-state index contributed by atoms with van der Waals surface area (Å²) in [5, 5.41) is 3.20. The molecule has 1 aromatic carbocycles. The third-order valence-corrected chi connectivity index (χ3v) is 6.22. The first kappa shape index (κ1) is 14.5. The normalized spacial score (nSPS) is 23.4. The van der Waals surface area contributed by atoms with Gasteiger partial charge in [-0.15, -0.1) is 0 Å². The van der Waals surface area contributed by atoms with Gasteiger partial charge in [0.25, 0.3) is 0 Å². The van der Waals surface area contributed by atoms with Gasteiger partial charge in [-0.05, 0) is 44.2 Å². The van der Waals surface area contributed by atoms with E-state index in [1.807, 2.05) is 6.07 Å². The molecule has 0 spiro atoms. The minimum absolute atomic E-state index is 0.174. The summed E-state index contributed by atoms with van der Waals surface area (Å²) < 4.78 is 23.5. The minimum atomic E-state index is -2.83. The molecule has 0 aromatic heterocycles. The van der Waals surface area contributed by atoms with E-state index < -0.39 is 9.84 Å². The van der Waals surface area contributed by atoms with Gasteiger partial charge in [0.15, 0.2) is 9.84 Å². The SMILES string of the molecule is Cc1ccccc1C[C@H](C)NC[C@@H]1CCCS1(=O)=O. The minimum Gasteiger partial charge on any atom is -0.313 e. The fourth-order valence-electron chi connectivity index (χ4n) is 2.66. The molecule has 2 atom stereocenters. The van der Waals surface area contributed by atoms with Crippen LogP contribution in [-0.2, 0) is 16.3 Å². The second-order valence-corrected chi connectivity index (χ2v) is 7.97. The van der Waals surface area contributed by atoms with E-state index in [2.05, 4.69) is 37.4 Å². The molecule has 3 nitrogen and oxygen atoms in total. The lowest BCUT2D eigenvalue weighted by Crippen LogP contribution is -2.37. The largest absolute Gasteiger partial charge is 0.313 e. The van der Waals surface area contributed by atoms with Gasteiger partial charge in [0.2, 0.25) is 0 Å². The number of sulfone groups is 1. The Hall–Kier alpha value is -0.870. The van der Waals surface area contributed by atoms with Crippen LogP contribution in [0.5, 0.6) is 0 Å². The molecule has 106 valence electrons. The molecule has 1 saturated heterocycles. The summed E-state index contributed by atoms with van der Waals surface area (Å²) in [7, 11) is -2.83. The Morgan fingerprint density at radius 2 is 2.11 bits per heavy atom. The highest BCUT2D eigenvalue weighted by atomic mass is 32.2. The molecule has 1 fully saturated rings. The molecule has 1 heterocycles. The van der Waals surface area contributed by atoms with Crippen LogP contribution in [0.25, 0.3) is 0 Å². The fraction of sp³-hybridized carbons (Fsp3) is 0.600. The lowest BCUT2D eigenvalue weighted by atomic mass is 10.0. The van der Waals surface area contributed by atoms with E-state index in [-0.39, 0.29) is 5.25 Å². The molecule has 0 amide bonds. The van der Waals surface area contributed by atoms with Crippen molar-refractivity contribution in [3.63, 3.8) is 0 Å². The average Bonchev–Trinajstić information content (AvgIpc) is 2.69. The summed E-state index contributed by atoms with van der Waals surface area (Å²) in [6.45, 7) is 4.83. The van der Waals surface area contributed by atoms with E-state index in [0.29, 0.717) is 18.3 Å². The first-order valence-corrected chi connectivity index (χ1v) is 8.70. The number of rotatable bonds is 5. The first-order chi connectivity index (χ1) is 8.99. The molecule has 2 rings (SSSR count). The number of hydrogen-bond donors (Lipinski definition) is 1. The molecule has 19 heavy (non-hydrogen) atoms. The zero-order valence-corrected chi connectivity index (χ0v) is 12.5. The second kappa shape index (κ2) is 6.06. The van der Waals surface area contributed by atoms with Crippen LogP contribution in [0.3, 0.4) is 0 Å². The van der Waals surface area contributed by atoms with Crippen LogP contribution in [0.2, 0.25) is 0 Å². The summed E-state index contributed by atoms with van der Waals surface area (Å²) in [5.41, 5.74) is 2.63. The monoisotopic (exact) mass is 281 g/mol. The maximum absolute atomic E-state index is 11.7. The van der Waals surface area contributed by atoms with Crippen molar-refractivity contribution in [2.75, 3.05) is 12.3 Å². The van der Waals surface area contributed by atoms with Crippen LogP contribution in [-0.4, -0.2) is 32.0 Å². The van der Waals surface area contributed by atoms with Gasteiger partial charge in [-0.25, -0.2) is 8.42 Å². The molecule has 1 aromatic rings. The van der Waals surface area contributed by atoms with Crippen LogP contribution >= 0.6 is 0 Å². The Morgan fingerprint density at radius 3 is 2.74 bits per heavy atom. The summed E-state index contributed by atoms with van der Waals surface area (Å²) in [5.74, 6) is 0.367. The van der Waals surface area contributed by atoms with Crippen molar-refractivity contribution in [3.05, 3.63) is 35.4 Å². The molecular weight excluding hydrogens is 258 g/mol. The molecule has 4 heteroatoms. The van der Waals surface area contributed by atoms with Gasteiger partial charge < -0.3 is 5.32 Å². The van der Waals surface area contributed by atoms with Crippen LogP contribution < -0.4 is 5.32 Å². The van der Waals surface area contributed by atoms with Crippen molar-refractivity contribution in [2.45, 2.75) is 44.4 Å². The summed E-state index contributed by atoms with van der Waals surface area (Å²) in [6.07, 6.45) is 2.58. The third kappa shape index (κ3) is 3.80. The number of aryl methyl sites for hydroxylation is 1. The zero-order chi connectivity index (χ0) is 13.9. The van der Waals surface area contributed by atoms with Gasteiger partial charge in [0.05, 0.1) is 11.0 Å². The van der Waals surface area contributed by atoms with E-state index in [0.717, 1.165) is 19.3 Å². The van der Waals surface area contributed by atoms with Crippen LogP contribution in [0.1, 0.15) is 30.9 Å². The Bertz CT molecular complexity index is 525. The van der Waals surface area contributed by atoms with Gasteiger partial charge in [-0.1, -0.05) is 24.3 Å². The molecule has 1 aliphatic rings. The predicted octanol–water partition coefficient (Wildman–Crippen LogP) is 2.09. The summed E-state index contributed by atoms with van der Waals surface area (Å²) >= 11 is 0. The molecule has 0 saturated carbocycles. The quantitative estimate of drug-likeness (QED) is 0.899.